The highest BCUT2D eigenvalue weighted by Gasteiger charge is 2.25. The molecule has 2 nitrogen and oxygen atoms in total. The molecule has 1 unspecified atom stereocenters. The van der Waals surface area contributed by atoms with Crippen LogP contribution in [-0.4, -0.2) is 31.1 Å². The number of nitrogens with one attached hydrogen (secondary N) is 1. The van der Waals surface area contributed by atoms with E-state index >= 15 is 0 Å². The fourth-order valence-electron chi connectivity index (χ4n) is 2.89. The monoisotopic (exact) mass is 294 g/mol. The van der Waals surface area contributed by atoms with E-state index in [2.05, 4.69) is 45.0 Å². The standard InChI is InChI=1S/C18H31FN2/c1-6-11-18(4,13-20-15(2)3)14-21(5)12-16-7-9-17(19)10-8-16/h7-10,15,20H,6,11-14H2,1-5H3. The highest BCUT2D eigenvalue weighted by atomic mass is 19.1. The van der Waals surface area contributed by atoms with Gasteiger partial charge in [-0.15, -0.1) is 0 Å². The number of hydrogen-bond acceptors (Lipinski definition) is 2. The maximum Gasteiger partial charge on any atom is 0.123 e. The van der Waals surface area contributed by atoms with Gasteiger partial charge in [0.25, 0.3) is 0 Å². The minimum atomic E-state index is -0.168. The average molecular weight is 294 g/mol. The van der Waals surface area contributed by atoms with Gasteiger partial charge in [-0.3, -0.25) is 0 Å². The van der Waals surface area contributed by atoms with Gasteiger partial charge in [0.1, 0.15) is 5.82 Å². The molecular weight excluding hydrogens is 263 g/mol. The lowest BCUT2D eigenvalue weighted by Gasteiger charge is -2.35. The zero-order valence-corrected chi connectivity index (χ0v) is 14.2. The molecule has 1 rings (SSSR count). The molecule has 0 aliphatic carbocycles. The predicted molar refractivity (Wildman–Crippen MR) is 88.9 cm³/mol. The van der Waals surface area contributed by atoms with Gasteiger partial charge < -0.3 is 10.2 Å². The Labute approximate surface area is 129 Å². The first-order valence-corrected chi connectivity index (χ1v) is 8.01. The maximum atomic E-state index is 12.9. The van der Waals surface area contributed by atoms with Crippen LogP contribution < -0.4 is 5.32 Å². The van der Waals surface area contributed by atoms with Gasteiger partial charge in [-0.05, 0) is 36.6 Å². The van der Waals surface area contributed by atoms with E-state index in [1.165, 1.54) is 25.0 Å². The van der Waals surface area contributed by atoms with Crippen LogP contribution >= 0.6 is 0 Å². The minimum absolute atomic E-state index is 0.168. The van der Waals surface area contributed by atoms with E-state index in [-0.39, 0.29) is 11.2 Å². The first-order valence-electron chi connectivity index (χ1n) is 8.01. The van der Waals surface area contributed by atoms with Gasteiger partial charge in [-0.25, -0.2) is 4.39 Å². The van der Waals surface area contributed by atoms with Gasteiger partial charge in [0, 0.05) is 25.7 Å². The molecule has 0 aromatic heterocycles. The molecule has 0 saturated carbocycles. The van der Waals surface area contributed by atoms with Gasteiger partial charge >= 0.3 is 0 Å². The third-order valence-electron chi connectivity index (χ3n) is 3.81. The van der Waals surface area contributed by atoms with Crippen molar-refractivity contribution >= 4 is 0 Å². The molecule has 1 atom stereocenters. The summed E-state index contributed by atoms with van der Waals surface area (Å²) in [4.78, 5) is 2.34. The highest BCUT2D eigenvalue weighted by molar-refractivity contribution is 5.15. The Hall–Kier alpha value is -0.930. The van der Waals surface area contributed by atoms with Crippen LogP contribution in [0.1, 0.15) is 46.1 Å². The Kier molecular flexibility index (Phi) is 7.33. The average Bonchev–Trinajstić information content (AvgIpc) is 2.39. The largest absolute Gasteiger partial charge is 0.314 e. The molecule has 0 radical (unpaired) electrons. The summed E-state index contributed by atoms with van der Waals surface area (Å²) in [5.74, 6) is -0.168. The van der Waals surface area contributed by atoms with E-state index in [0.717, 1.165) is 25.2 Å². The summed E-state index contributed by atoms with van der Waals surface area (Å²) in [6, 6.07) is 7.33. The van der Waals surface area contributed by atoms with Gasteiger partial charge in [-0.2, -0.15) is 0 Å². The zero-order chi connectivity index (χ0) is 15.9. The van der Waals surface area contributed by atoms with Crippen molar-refractivity contribution < 1.29 is 4.39 Å². The lowest BCUT2D eigenvalue weighted by Crippen LogP contribution is -2.42. The normalized spacial score (nSPS) is 14.7. The number of rotatable bonds is 9. The molecule has 21 heavy (non-hydrogen) atoms. The second kappa shape index (κ2) is 8.50. The summed E-state index contributed by atoms with van der Waals surface area (Å²) in [5.41, 5.74) is 1.43. The van der Waals surface area contributed by atoms with Crippen molar-refractivity contribution in [2.75, 3.05) is 20.1 Å². The molecule has 0 aliphatic rings. The Morgan fingerprint density at radius 1 is 1.24 bits per heavy atom. The fraction of sp³-hybridized carbons (Fsp3) is 0.667. The van der Waals surface area contributed by atoms with E-state index < -0.39 is 0 Å². The van der Waals surface area contributed by atoms with Crippen LogP contribution in [0, 0.1) is 11.2 Å². The second-order valence-electron chi connectivity index (χ2n) is 6.90. The number of halogens is 1. The van der Waals surface area contributed by atoms with Crippen LogP contribution in [0.2, 0.25) is 0 Å². The van der Waals surface area contributed by atoms with Crippen molar-refractivity contribution in [1.29, 1.82) is 0 Å². The van der Waals surface area contributed by atoms with E-state index in [9.17, 15) is 4.39 Å². The Morgan fingerprint density at radius 2 is 1.86 bits per heavy atom. The van der Waals surface area contributed by atoms with E-state index in [1.54, 1.807) is 0 Å². The molecule has 0 spiro atoms. The van der Waals surface area contributed by atoms with Crippen molar-refractivity contribution in [3.05, 3.63) is 35.6 Å². The van der Waals surface area contributed by atoms with Crippen LogP contribution in [0.25, 0.3) is 0 Å². The molecule has 0 aliphatic heterocycles. The van der Waals surface area contributed by atoms with Crippen LogP contribution in [0.5, 0.6) is 0 Å². The van der Waals surface area contributed by atoms with Gasteiger partial charge in [0.15, 0.2) is 0 Å². The van der Waals surface area contributed by atoms with Gasteiger partial charge in [0.05, 0.1) is 0 Å². The Balaban J connectivity index is 2.58. The lowest BCUT2D eigenvalue weighted by molar-refractivity contribution is 0.165. The van der Waals surface area contributed by atoms with Gasteiger partial charge in [0.2, 0.25) is 0 Å². The molecule has 120 valence electrons. The van der Waals surface area contributed by atoms with Crippen molar-refractivity contribution in [3.8, 4) is 0 Å². The van der Waals surface area contributed by atoms with Crippen molar-refractivity contribution in [1.82, 2.24) is 10.2 Å². The van der Waals surface area contributed by atoms with Gasteiger partial charge in [-0.1, -0.05) is 46.2 Å². The summed E-state index contributed by atoms with van der Waals surface area (Å²) in [7, 11) is 2.15. The summed E-state index contributed by atoms with van der Waals surface area (Å²) < 4.78 is 12.9. The van der Waals surface area contributed by atoms with E-state index in [1.807, 2.05) is 12.1 Å². The smallest absolute Gasteiger partial charge is 0.123 e. The maximum absolute atomic E-state index is 12.9. The molecule has 1 N–H and O–H groups in total. The lowest BCUT2D eigenvalue weighted by atomic mass is 9.84. The van der Waals surface area contributed by atoms with Crippen LogP contribution in [-0.2, 0) is 6.54 Å². The van der Waals surface area contributed by atoms with Crippen molar-refractivity contribution in [3.63, 3.8) is 0 Å². The van der Waals surface area contributed by atoms with E-state index in [0.29, 0.717) is 6.04 Å². The van der Waals surface area contributed by atoms with Crippen LogP contribution in [0.3, 0.4) is 0 Å². The van der Waals surface area contributed by atoms with E-state index in [4.69, 9.17) is 0 Å². The second-order valence-corrected chi connectivity index (χ2v) is 6.90. The first-order chi connectivity index (χ1) is 9.84. The third kappa shape index (κ3) is 7.05. The summed E-state index contributed by atoms with van der Waals surface area (Å²) in [6.45, 7) is 11.9. The summed E-state index contributed by atoms with van der Waals surface area (Å²) >= 11 is 0. The highest BCUT2D eigenvalue weighted by Crippen LogP contribution is 2.24. The van der Waals surface area contributed by atoms with Crippen LogP contribution in [0.15, 0.2) is 24.3 Å². The molecule has 0 heterocycles. The molecule has 3 heteroatoms. The Bertz CT molecular complexity index is 402. The molecule has 1 aromatic rings. The first kappa shape index (κ1) is 18.1. The molecular formula is C18H31FN2. The topological polar surface area (TPSA) is 15.3 Å². The predicted octanol–water partition coefficient (Wildman–Crippen LogP) is 4.06. The molecule has 0 saturated heterocycles. The number of hydrogen-bond donors (Lipinski definition) is 1. The molecule has 0 fully saturated rings. The van der Waals surface area contributed by atoms with Crippen molar-refractivity contribution in [2.45, 2.75) is 53.1 Å². The quantitative estimate of drug-likeness (QED) is 0.739. The fourth-order valence-corrected chi connectivity index (χ4v) is 2.89. The molecule has 0 bridgehead atoms. The van der Waals surface area contributed by atoms with Crippen molar-refractivity contribution in [2.24, 2.45) is 5.41 Å². The molecule has 1 aromatic carbocycles. The van der Waals surface area contributed by atoms with Crippen LogP contribution in [0.4, 0.5) is 4.39 Å². The summed E-state index contributed by atoms with van der Waals surface area (Å²) in [6.07, 6.45) is 2.40. The minimum Gasteiger partial charge on any atom is -0.314 e. The molecule has 0 amide bonds. The Morgan fingerprint density at radius 3 is 2.38 bits per heavy atom. The number of nitrogens with zero attached hydrogens (tertiary/aromatic N) is 1. The third-order valence-corrected chi connectivity index (χ3v) is 3.81. The zero-order valence-electron chi connectivity index (χ0n) is 14.2. The SMILES string of the molecule is CCCC(C)(CNC(C)C)CN(C)Cc1ccc(F)cc1. The number of benzene rings is 1. The summed E-state index contributed by atoms with van der Waals surface area (Å²) in [5, 5.41) is 3.57.